The Balaban J connectivity index is 1.94. The van der Waals surface area contributed by atoms with Crippen molar-refractivity contribution in [2.45, 2.75) is 32.8 Å². The Hall–Kier alpha value is -2.02. The average molecular weight is 326 g/mol. The molecule has 0 bridgehead atoms. The molecule has 1 amide bonds. The van der Waals surface area contributed by atoms with Gasteiger partial charge in [0.2, 0.25) is 6.10 Å². The zero-order valence-corrected chi connectivity index (χ0v) is 13.1. The molecule has 7 heteroatoms. The molecule has 1 aliphatic heterocycles. The minimum absolute atomic E-state index is 0.000843. The molecule has 1 unspecified atom stereocenters. The Morgan fingerprint density at radius 3 is 2.91 bits per heavy atom. The van der Waals surface area contributed by atoms with Crippen molar-refractivity contribution in [1.29, 1.82) is 0 Å². The Bertz CT molecular complexity index is 617. The van der Waals surface area contributed by atoms with Crippen molar-refractivity contribution in [3.63, 3.8) is 0 Å². The number of aliphatic hydroxyl groups excluding tert-OH is 1. The first-order valence-corrected chi connectivity index (χ1v) is 7.39. The summed E-state index contributed by atoms with van der Waals surface area (Å²) < 4.78 is 26.9. The topological polar surface area (TPSA) is 70.9 Å². The number of amides is 1. The summed E-state index contributed by atoms with van der Waals surface area (Å²) in [7, 11) is 0. The average Bonchev–Trinajstić information content (AvgIpc) is 2.97. The van der Waals surface area contributed by atoms with Crippen molar-refractivity contribution in [2.24, 2.45) is 10.6 Å². The minimum atomic E-state index is -0.863. The number of benzene rings is 1. The highest BCUT2D eigenvalue weighted by Crippen LogP contribution is 2.21. The molecule has 0 fully saturated rings. The van der Waals surface area contributed by atoms with Crippen LogP contribution in [0.2, 0.25) is 0 Å². The normalized spacial score (nSPS) is 17.6. The van der Waals surface area contributed by atoms with E-state index in [1.165, 1.54) is 0 Å². The van der Waals surface area contributed by atoms with Crippen LogP contribution in [0.25, 0.3) is 0 Å². The molecule has 0 spiro atoms. The van der Waals surface area contributed by atoms with Crippen LogP contribution in [0.4, 0.5) is 8.78 Å². The highest BCUT2D eigenvalue weighted by atomic mass is 19.1. The molecule has 0 radical (unpaired) electrons. The standard InChI is InChI=1S/C16H20F2N2O3/c1-16(2,5-6-21)9-19-15(22)14-8-13(20-23-14)11-7-10(17)3-4-12(11)18/h3-4,7,14,21H,5-6,8-9H2,1-2H3,(H,19,22). The molecule has 1 aromatic rings. The number of oxime groups is 1. The van der Waals surface area contributed by atoms with E-state index < -0.39 is 17.7 Å². The van der Waals surface area contributed by atoms with E-state index in [-0.39, 0.29) is 35.6 Å². The summed E-state index contributed by atoms with van der Waals surface area (Å²) in [6.07, 6.45) is -0.237. The van der Waals surface area contributed by atoms with Crippen LogP contribution >= 0.6 is 0 Å². The predicted molar refractivity (Wildman–Crippen MR) is 80.9 cm³/mol. The Morgan fingerprint density at radius 1 is 1.48 bits per heavy atom. The lowest BCUT2D eigenvalue weighted by Gasteiger charge is -2.24. The van der Waals surface area contributed by atoms with Gasteiger partial charge in [-0.25, -0.2) is 8.78 Å². The van der Waals surface area contributed by atoms with Crippen LogP contribution < -0.4 is 5.32 Å². The zero-order valence-electron chi connectivity index (χ0n) is 13.1. The molecule has 23 heavy (non-hydrogen) atoms. The molecule has 1 heterocycles. The first kappa shape index (κ1) is 17.3. The molecule has 1 aromatic carbocycles. The fourth-order valence-electron chi connectivity index (χ4n) is 2.23. The fraction of sp³-hybridized carbons (Fsp3) is 0.500. The van der Waals surface area contributed by atoms with Gasteiger partial charge in [-0.3, -0.25) is 4.79 Å². The van der Waals surface area contributed by atoms with E-state index in [0.717, 1.165) is 18.2 Å². The molecule has 5 nitrogen and oxygen atoms in total. The molecular formula is C16H20F2N2O3. The van der Waals surface area contributed by atoms with Crippen LogP contribution in [0, 0.1) is 17.0 Å². The monoisotopic (exact) mass is 326 g/mol. The van der Waals surface area contributed by atoms with Gasteiger partial charge in [0.05, 0.1) is 5.71 Å². The van der Waals surface area contributed by atoms with Crippen molar-refractivity contribution < 1.29 is 23.5 Å². The van der Waals surface area contributed by atoms with Gasteiger partial charge in [-0.05, 0) is 30.0 Å². The van der Waals surface area contributed by atoms with Gasteiger partial charge < -0.3 is 15.3 Å². The van der Waals surface area contributed by atoms with Crippen LogP contribution in [0.15, 0.2) is 23.4 Å². The van der Waals surface area contributed by atoms with Crippen molar-refractivity contribution in [1.82, 2.24) is 5.32 Å². The van der Waals surface area contributed by atoms with Gasteiger partial charge >= 0.3 is 0 Å². The summed E-state index contributed by atoms with van der Waals surface area (Å²) in [5, 5.41) is 15.4. The third-order valence-electron chi connectivity index (χ3n) is 3.73. The number of aliphatic hydroxyl groups is 1. The molecule has 1 aliphatic rings. The van der Waals surface area contributed by atoms with Crippen molar-refractivity contribution in [3.05, 3.63) is 35.4 Å². The maximum absolute atomic E-state index is 13.7. The van der Waals surface area contributed by atoms with Crippen LogP contribution in [0.5, 0.6) is 0 Å². The molecule has 0 aliphatic carbocycles. The van der Waals surface area contributed by atoms with E-state index in [4.69, 9.17) is 9.94 Å². The summed E-state index contributed by atoms with van der Waals surface area (Å²) in [4.78, 5) is 17.1. The van der Waals surface area contributed by atoms with Gasteiger partial charge in [0, 0.05) is 25.1 Å². The molecule has 2 rings (SSSR count). The van der Waals surface area contributed by atoms with Gasteiger partial charge in [0.1, 0.15) is 11.6 Å². The Kier molecular flexibility index (Phi) is 5.30. The van der Waals surface area contributed by atoms with Gasteiger partial charge in [0.15, 0.2) is 0 Å². The molecular weight excluding hydrogens is 306 g/mol. The molecule has 0 saturated heterocycles. The van der Waals surface area contributed by atoms with E-state index in [1.807, 2.05) is 13.8 Å². The summed E-state index contributed by atoms with van der Waals surface area (Å²) >= 11 is 0. The largest absolute Gasteiger partial charge is 0.396 e. The quantitative estimate of drug-likeness (QED) is 0.840. The highest BCUT2D eigenvalue weighted by molar-refractivity contribution is 6.04. The van der Waals surface area contributed by atoms with E-state index in [1.54, 1.807) is 0 Å². The second kappa shape index (κ2) is 7.04. The molecule has 0 saturated carbocycles. The first-order chi connectivity index (χ1) is 10.8. The van der Waals surface area contributed by atoms with Crippen LogP contribution in [0.3, 0.4) is 0 Å². The minimum Gasteiger partial charge on any atom is -0.396 e. The van der Waals surface area contributed by atoms with Gasteiger partial charge in [0.25, 0.3) is 5.91 Å². The smallest absolute Gasteiger partial charge is 0.264 e. The summed E-state index contributed by atoms with van der Waals surface area (Å²) in [6.45, 7) is 4.25. The van der Waals surface area contributed by atoms with Crippen LogP contribution in [0.1, 0.15) is 32.3 Å². The SMILES string of the molecule is CC(C)(CCO)CNC(=O)C1CC(c2cc(F)ccc2F)=NO1. The number of halogens is 2. The number of nitrogens with zero attached hydrogens (tertiary/aromatic N) is 1. The van der Waals surface area contributed by atoms with E-state index in [2.05, 4.69) is 10.5 Å². The van der Waals surface area contributed by atoms with E-state index in [9.17, 15) is 13.6 Å². The second-order valence-corrected chi connectivity index (χ2v) is 6.32. The Morgan fingerprint density at radius 2 is 2.22 bits per heavy atom. The van der Waals surface area contributed by atoms with E-state index >= 15 is 0 Å². The van der Waals surface area contributed by atoms with Crippen LogP contribution in [-0.2, 0) is 9.63 Å². The number of hydrogen-bond acceptors (Lipinski definition) is 4. The van der Waals surface area contributed by atoms with Gasteiger partial charge in [-0.1, -0.05) is 19.0 Å². The Labute approximate surface area is 133 Å². The highest BCUT2D eigenvalue weighted by Gasteiger charge is 2.31. The van der Waals surface area contributed by atoms with Crippen molar-refractivity contribution in [2.75, 3.05) is 13.2 Å². The lowest BCUT2D eigenvalue weighted by atomic mass is 9.89. The number of carbonyl (C=O) groups is 1. The maximum Gasteiger partial charge on any atom is 0.264 e. The van der Waals surface area contributed by atoms with Crippen molar-refractivity contribution >= 4 is 11.6 Å². The van der Waals surface area contributed by atoms with E-state index in [0.29, 0.717) is 13.0 Å². The summed E-state index contributed by atoms with van der Waals surface area (Å²) in [6, 6.07) is 3.06. The lowest BCUT2D eigenvalue weighted by molar-refractivity contribution is -0.131. The number of hydrogen-bond donors (Lipinski definition) is 2. The first-order valence-electron chi connectivity index (χ1n) is 7.39. The summed E-state index contributed by atoms with van der Waals surface area (Å²) in [5.74, 6) is -1.56. The molecule has 1 atom stereocenters. The third kappa shape index (κ3) is 4.48. The van der Waals surface area contributed by atoms with Gasteiger partial charge in [-0.15, -0.1) is 0 Å². The lowest BCUT2D eigenvalue weighted by Crippen LogP contribution is -2.40. The van der Waals surface area contributed by atoms with Crippen LogP contribution in [-0.4, -0.2) is 36.0 Å². The maximum atomic E-state index is 13.7. The molecule has 126 valence electrons. The summed E-state index contributed by atoms with van der Waals surface area (Å²) in [5.41, 5.74) is -0.0425. The molecule has 0 aromatic heterocycles. The van der Waals surface area contributed by atoms with Gasteiger partial charge in [-0.2, -0.15) is 0 Å². The third-order valence-corrected chi connectivity index (χ3v) is 3.73. The zero-order chi connectivity index (χ0) is 17.0. The number of carbonyl (C=O) groups excluding carboxylic acids is 1. The fourth-order valence-corrected chi connectivity index (χ4v) is 2.23. The molecule has 2 N–H and O–H groups in total. The number of nitrogens with one attached hydrogen (secondary N) is 1. The second-order valence-electron chi connectivity index (χ2n) is 6.32. The predicted octanol–water partition coefficient (Wildman–Crippen LogP) is 1.98. The van der Waals surface area contributed by atoms with Crippen molar-refractivity contribution in [3.8, 4) is 0 Å². The number of rotatable bonds is 6.